The van der Waals surface area contributed by atoms with E-state index in [0.717, 1.165) is 23.6 Å². The first kappa shape index (κ1) is 17.9. The molecule has 1 aromatic rings. The highest BCUT2D eigenvalue weighted by Crippen LogP contribution is 2.35. The summed E-state index contributed by atoms with van der Waals surface area (Å²) in [5.41, 5.74) is 1.85. The van der Waals surface area contributed by atoms with E-state index in [1.165, 1.54) is 0 Å². The van der Waals surface area contributed by atoms with Crippen molar-refractivity contribution >= 4 is 23.6 Å². The van der Waals surface area contributed by atoms with E-state index in [2.05, 4.69) is 31.0 Å². The lowest BCUT2D eigenvalue weighted by molar-refractivity contribution is -0.136. The van der Waals surface area contributed by atoms with Gasteiger partial charge in [-0.15, -0.1) is 0 Å². The Bertz CT molecular complexity index is 864. The minimum atomic E-state index is -0.918. The highest BCUT2D eigenvalue weighted by atomic mass is 16.2. The Balaban J connectivity index is 1.56. The first-order valence-electron chi connectivity index (χ1n) is 9.27. The zero-order chi connectivity index (χ0) is 19.5. The average molecular weight is 369 g/mol. The number of nitrogens with zero attached hydrogens (tertiary/aromatic N) is 2. The molecule has 0 unspecified atom stereocenters. The molecule has 7 nitrogen and oxygen atoms in total. The second kappa shape index (κ2) is 5.99. The summed E-state index contributed by atoms with van der Waals surface area (Å²) >= 11 is 0. The van der Waals surface area contributed by atoms with Crippen molar-refractivity contribution in [2.75, 3.05) is 13.1 Å². The molecule has 0 bridgehead atoms. The van der Waals surface area contributed by atoms with E-state index in [1.807, 2.05) is 6.07 Å². The molecular weight excluding hydrogens is 346 g/mol. The van der Waals surface area contributed by atoms with Gasteiger partial charge in [0.15, 0.2) is 0 Å². The van der Waals surface area contributed by atoms with Crippen molar-refractivity contribution in [3.63, 3.8) is 0 Å². The summed E-state index contributed by atoms with van der Waals surface area (Å²) < 4.78 is 0. The maximum atomic E-state index is 12.9. The van der Waals surface area contributed by atoms with E-state index < -0.39 is 23.8 Å². The molecule has 3 aliphatic rings. The number of imide groups is 2. The maximum Gasteiger partial charge on any atom is 0.262 e. The van der Waals surface area contributed by atoms with Gasteiger partial charge in [0.1, 0.15) is 6.04 Å². The molecule has 3 heterocycles. The Labute approximate surface area is 157 Å². The van der Waals surface area contributed by atoms with Gasteiger partial charge in [0.2, 0.25) is 11.8 Å². The van der Waals surface area contributed by atoms with Gasteiger partial charge in [-0.3, -0.25) is 34.3 Å². The van der Waals surface area contributed by atoms with E-state index in [4.69, 9.17) is 0 Å². The van der Waals surface area contributed by atoms with Crippen molar-refractivity contribution in [3.05, 3.63) is 34.9 Å². The Morgan fingerprint density at radius 1 is 1.00 bits per heavy atom. The van der Waals surface area contributed by atoms with Gasteiger partial charge < -0.3 is 0 Å². The van der Waals surface area contributed by atoms with Gasteiger partial charge >= 0.3 is 0 Å². The number of likely N-dealkylation sites (tertiary alicyclic amines) is 1. The van der Waals surface area contributed by atoms with Gasteiger partial charge in [-0.2, -0.15) is 0 Å². The molecule has 4 amide bonds. The predicted molar refractivity (Wildman–Crippen MR) is 97.2 cm³/mol. The van der Waals surface area contributed by atoms with E-state index in [9.17, 15) is 19.2 Å². The highest BCUT2D eigenvalue weighted by Gasteiger charge is 2.45. The summed E-state index contributed by atoms with van der Waals surface area (Å²) in [5, 5.41) is 2.21. The molecule has 1 N–H and O–H groups in total. The summed E-state index contributed by atoms with van der Waals surface area (Å²) in [6.45, 7) is 8.35. The lowest BCUT2D eigenvalue weighted by Gasteiger charge is -2.48. The van der Waals surface area contributed by atoms with Crippen molar-refractivity contribution in [2.24, 2.45) is 0 Å². The number of hydrogen-bond donors (Lipinski definition) is 1. The van der Waals surface area contributed by atoms with E-state index in [1.54, 1.807) is 12.1 Å². The fraction of sp³-hybridized carbons (Fsp3) is 0.500. The van der Waals surface area contributed by atoms with Crippen LogP contribution in [-0.2, 0) is 9.59 Å². The van der Waals surface area contributed by atoms with Crippen LogP contribution in [0.15, 0.2) is 18.2 Å². The number of nitrogens with one attached hydrogen (secondary N) is 1. The zero-order valence-electron chi connectivity index (χ0n) is 15.7. The van der Waals surface area contributed by atoms with Crippen molar-refractivity contribution in [3.8, 4) is 0 Å². The number of benzene rings is 1. The topological polar surface area (TPSA) is 86.8 Å². The summed E-state index contributed by atoms with van der Waals surface area (Å²) in [7, 11) is 0. The van der Waals surface area contributed by atoms with E-state index in [0.29, 0.717) is 17.0 Å². The zero-order valence-corrected chi connectivity index (χ0v) is 15.7. The highest BCUT2D eigenvalue weighted by molar-refractivity contribution is 6.23. The molecule has 0 saturated carbocycles. The molecule has 3 aliphatic heterocycles. The molecule has 27 heavy (non-hydrogen) atoms. The number of carbonyl (C=O) groups is 4. The fourth-order valence-corrected chi connectivity index (χ4v) is 3.98. The van der Waals surface area contributed by atoms with E-state index in [-0.39, 0.29) is 24.3 Å². The summed E-state index contributed by atoms with van der Waals surface area (Å²) in [6, 6.07) is 4.48. The van der Waals surface area contributed by atoms with Crippen LogP contribution >= 0.6 is 0 Å². The summed E-state index contributed by atoms with van der Waals surface area (Å²) in [6.07, 6.45) is 0.298. The van der Waals surface area contributed by atoms with Crippen LogP contribution in [-0.4, -0.2) is 58.1 Å². The third-order valence-electron chi connectivity index (χ3n) is 5.77. The van der Waals surface area contributed by atoms with Gasteiger partial charge in [0.25, 0.3) is 11.8 Å². The molecule has 1 aromatic carbocycles. The average Bonchev–Trinajstić information content (AvgIpc) is 2.77. The minimum absolute atomic E-state index is 0.113. The lowest BCUT2D eigenvalue weighted by atomic mass is 9.86. The number of carbonyl (C=O) groups excluding carboxylic acids is 4. The van der Waals surface area contributed by atoms with Gasteiger partial charge in [-0.25, -0.2) is 0 Å². The molecule has 0 radical (unpaired) electrons. The van der Waals surface area contributed by atoms with Crippen LogP contribution in [0.3, 0.4) is 0 Å². The van der Waals surface area contributed by atoms with Gasteiger partial charge in [-0.1, -0.05) is 6.07 Å². The largest absolute Gasteiger partial charge is 0.297 e. The van der Waals surface area contributed by atoms with Crippen LogP contribution in [0.2, 0.25) is 0 Å². The second-order valence-corrected chi connectivity index (χ2v) is 8.52. The number of piperidine rings is 1. The van der Waals surface area contributed by atoms with Crippen LogP contribution in [0.5, 0.6) is 0 Å². The standard InChI is InChI=1S/C20H23N3O4/c1-20(2,3)22-9-12(10-22)11-4-5-13-14(8-11)19(27)23(18(13)26)15-6-7-16(24)21-17(15)25/h4-5,8,12,15H,6-7,9-10H2,1-3H3,(H,21,24,25)/t15-/m0/s1. The molecule has 0 aromatic heterocycles. The fourth-order valence-electron chi connectivity index (χ4n) is 3.98. The van der Waals surface area contributed by atoms with Crippen molar-refractivity contribution < 1.29 is 19.2 Å². The molecular formula is C20H23N3O4. The third-order valence-corrected chi connectivity index (χ3v) is 5.77. The Hall–Kier alpha value is -2.54. The summed E-state index contributed by atoms with van der Waals surface area (Å²) in [5.74, 6) is -1.52. The Kier molecular flexibility index (Phi) is 3.96. The molecule has 0 aliphatic carbocycles. The SMILES string of the molecule is CC(C)(C)N1CC(c2ccc3c(c2)C(=O)N([C@H]2CCC(=O)NC2=O)C3=O)C1. The first-order chi connectivity index (χ1) is 12.7. The number of amides is 4. The number of fused-ring (bicyclic) bond motifs is 1. The van der Waals surface area contributed by atoms with Crippen LogP contribution in [0.1, 0.15) is 65.8 Å². The quantitative estimate of drug-likeness (QED) is 0.794. The van der Waals surface area contributed by atoms with Gasteiger partial charge in [0.05, 0.1) is 11.1 Å². The van der Waals surface area contributed by atoms with Gasteiger partial charge in [-0.05, 0) is 44.9 Å². The van der Waals surface area contributed by atoms with Crippen molar-refractivity contribution in [1.29, 1.82) is 0 Å². The normalized spacial score (nSPS) is 24.1. The lowest BCUT2D eigenvalue weighted by Crippen LogP contribution is -2.54. The molecule has 7 heteroatoms. The molecule has 142 valence electrons. The second-order valence-electron chi connectivity index (χ2n) is 8.52. The Morgan fingerprint density at radius 3 is 2.30 bits per heavy atom. The van der Waals surface area contributed by atoms with Crippen molar-refractivity contribution in [1.82, 2.24) is 15.1 Å². The van der Waals surface area contributed by atoms with Crippen molar-refractivity contribution in [2.45, 2.75) is 51.1 Å². The molecule has 0 spiro atoms. The molecule has 4 rings (SSSR count). The minimum Gasteiger partial charge on any atom is -0.297 e. The number of hydrogen-bond acceptors (Lipinski definition) is 5. The number of rotatable bonds is 2. The van der Waals surface area contributed by atoms with Gasteiger partial charge in [0, 0.05) is 31.0 Å². The molecule has 2 fully saturated rings. The maximum absolute atomic E-state index is 12.9. The molecule has 1 atom stereocenters. The third kappa shape index (κ3) is 2.86. The summed E-state index contributed by atoms with van der Waals surface area (Å²) in [4.78, 5) is 52.4. The Morgan fingerprint density at radius 2 is 1.67 bits per heavy atom. The molecule has 2 saturated heterocycles. The predicted octanol–water partition coefficient (Wildman–Crippen LogP) is 1.29. The first-order valence-corrected chi connectivity index (χ1v) is 9.27. The van der Waals surface area contributed by atoms with Crippen LogP contribution < -0.4 is 5.32 Å². The van der Waals surface area contributed by atoms with E-state index >= 15 is 0 Å². The monoisotopic (exact) mass is 369 g/mol. The van der Waals surface area contributed by atoms with Crippen LogP contribution in [0.4, 0.5) is 0 Å². The van der Waals surface area contributed by atoms with Crippen LogP contribution in [0.25, 0.3) is 0 Å². The smallest absolute Gasteiger partial charge is 0.262 e. The van der Waals surface area contributed by atoms with Crippen LogP contribution in [0, 0.1) is 0 Å².